The number of non-ortho nitro benzene ring substituents is 1. The van der Waals surface area contributed by atoms with Crippen molar-refractivity contribution in [3.63, 3.8) is 0 Å². The summed E-state index contributed by atoms with van der Waals surface area (Å²) in [6.45, 7) is 2.54. The van der Waals surface area contributed by atoms with Crippen LogP contribution in [0.5, 0.6) is 0 Å². The standard InChI is InChI=1S/C30H25N9O2/c1-19-5-2-3-8-23(19)25-17-28(37-30(36-25)33-13-11-20-6-4-7-22(15-20)39(40)41)38-18-34-26-16-21(9-10-27(26)38)24-12-14-32-29(31)35-24/h2-10,12,14-18H,11,13H2,1H3,(H2,31,32,35)(H,33,36,37). The van der Waals surface area contributed by atoms with Crippen molar-refractivity contribution in [2.75, 3.05) is 17.6 Å². The molecule has 6 aromatic rings. The minimum Gasteiger partial charge on any atom is -0.368 e. The molecule has 0 bridgehead atoms. The first-order valence-electron chi connectivity index (χ1n) is 12.9. The van der Waals surface area contributed by atoms with Crippen LogP contribution in [-0.4, -0.2) is 41.0 Å². The number of nitro groups is 1. The maximum Gasteiger partial charge on any atom is 0.269 e. The molecular weight excluding hydrogens is 518 g/mol. The monoisotopic (exact) mass is 543 g/mol. The molecule has 6 rings (SSSR count). The SMILES string of the molecule is Cc1ccccc1-c1cc(-n2cnc3cc(-c4ccnc(N)n4)ccc32)nc(NCCc2cccc([N+](=O)[O-])c2)n1. The van der Waals surface area contributed by atoms with Crippen molar-refractivity contribution in [2.24, 2.45) is 0 Å². The molecule has 0 fully saturated rings. The number of aromatic nitrogens is 6. The summed E-state index contributed by atoms with van der Waals surface area (Å²) in [5.41, 5.74) is 12.8. The molecule has 3 aromatic heterocycles. The number of hydrogen-bond donors (Lipinski definition) is 2. The largest absolute Gasteiger partial charge is 0.368 e. The van der Waals surface area contributed by atoms with Crippen LogP contribution in [0.1, 0.15) is 11.1 Å². The second-order valence-corrected chi connectivity index (χ2v) is 9.47. The van der Waals surface area contributed by atoms with E-state index in [1.807, 2.05) is 66.1 Å². The number of nitrogens with zero attached hydrogens (tertiary/aromatic N) is 7. The smallest absolute Gasteiger partial charge is 0.269 e. The molecule has 11 heteroatoms. The first kappa shape index (κ1) is 25.6. The second kappa shape index (κ2) is 10.8. The zero-order valence-electron chi connectivity index (χ0n) is 22.1. The Morgan fingerprint density at radius 2 is 1.80 bits per heavy atom. The third-order valence-electron chi connectivity index (χ3n) is 6.72. The number of imidazole rings is 1. The normalized spacial score (nSPS) is 11.0. The molecule has 0 amide bonds. The quantitative estimate of drug-likeness (QED) is 0.190. The number of aryl methyl sites for hydroxylation is 1. The van der Waals surface area contributed by atoms with Gasteiger partial charge in [-0.05, 0) is 42.7 Å². The lowest BCUT2D eigenvalue weighted by Crippen LogP contribution is -2.10. The topological polar surface area (TPSA) is 151 Å². The molecule has 0 atom stereocenters. The third kappa shape index (κ3) is 5.41. The fourth-order valence-corrected chi connectivity index (χ4v) is 4.67. The maximum atomic E-state index is 11.1. The first-order chi connectivity index (χ1) is 19.9. The fraction of sp³-hybridized carbons (Fsp3) is 0.100. The van der Waals surface area contributed by atoms with E-state index < -0.39 is 0 Å². The minimum absolute atomic E-state index is 0.0703. The molecule has 0 unspecified atom stereocenters. The summed E-state index contributed by atoms with van der Waals surface area (Å²) in [7, 11) is 0. The van der Waals surface area contributed by atoms with Crippen molar-refractivity contribution in [3.05, 3.63) is 113 Å². The number of rotatable bonds is 8. The van der Waals surface area contributed by atoms with Gasteiger partial charge in [0.2, 0.25) is 11.9 Å². The number of nitrogens with one attached hydrogen (secondary N) is 1. The Bertz CT molecular complexity index is 1900. The lowest BCUT2D eigenvalue weighted by atomic mass is 10.1. The Kier molecular flexibility index (Phi) is 6.74. The van der Waals surface area contributed by atoms with Crippen molar-refractivity contribution >= 4 is 28.6 Å². The van der Waals surface area contributed by atoms with Crippen LogP contribution in [0, 0.1) is 17.0 Å². The number of fused-ring (bicyclic) bond motifs is 1. The molecule has 0 aliphatic heterocycles. The molecule has 0 radical (unpaired) electrons. The molecule has 0 saturated heterocycles. The number of nitrogens with two attached hydrogens (primary N) is 1. The molecule has 0 saturated carbocycles. The summed E-state index contributed by atoms with van der Waals surface area (Å²) < 4.78 is 1.92. The Balaban J connectivity index is 1.35. The van der Waals surface area contributed by atoms with E-state index in [9.17, 15) is 10.1 Å². The van der Waals surface area contributed by atoms with E-state index in [0.717, 1.165) is 39.0 Å². The van der Waals surface area contributed by atoms with E-state index in [2.05, 4.69) is 20.3 Å². The first-order valence-corrected chi connectivity index (χ1v) is 12.9. The van der Waals surface area contributed by atoms with E-state index in [4.69, 9.17) is 15.7 Å². The van der Waals surface area contributed by atoms with Crippen molar-refractivity contribution < 1.29 is 4.92 Å². The van der Waals surface area contributed by atoms with E-state index in [1.165, 1.54) is 6.07 Å². The lowest BCUT2D eigenvalue weighted by molar-refractivity contribution is -0.384. The highest BCUT2D eigenvalue weighted by molar-refractivity contribution is 5.83. The van der Waals surface area contributed by atoms with Gasteiger partial charge < -0.3 is 11.1 Å². The Morgan fingerprint density at radius 1 is 0.927 bits per heavy atom. The molecule has 202 valence electrons. The average molecular weight is 544 g/mol. The molecule has 41 heavy (non-hydrogen) atoms. The van der Waals surface area contributed by atoms with E-state index in [-0.39, 0.29) is 16.6 Å². The summed E-state index contributed by atoms with van der Waals surface area (Å²) in [6.07, 6.45) is 3.93. The van der Waals surface area contributed by atoms with Crippen LogP contribution in [0.15, 0.2) is 91.4 Å². The van der Waals surface area contributed by atoms with Crippen LogP contribution in [0.3, 0.4) is 0 Å². The predicted octanol–water partition coefficient (Wildman–Crippen LogP) is 5.39. The highest BCUT2D eigenvalue weighted by atomic mass is 16.6. The van der Waals surface area contributed by atoms with Gasteiger partial charge in [-0.25, -0.2) is 19.9 Å². The van der Waals surface area contributed by atoms with Gasteiger partial charge in [0.25, 0.3) is 5.69 Å². The van der Waals surface area contributed by atoms with Crippen molar-refractivity contribution in [2.45, 2.75) is 13.3 Å². The molecule has 0 aliphatic rings. The summed E-state index contributed by atoms with van der Waals surface area (Å²) in [4.78, 5) is 33.3. The van der Waals surface area contributed by atoms with E-state index >= 15 is 0 Å². The number of hydrogen-bond acceptors (Lipinski definition) is 9. The van der Waals surface area contributed by atoms with Crippen molar-refractivity contribution in [3.8, 4) is 28.3 Å². The van der Waals surface area contributed by atoms with Crippen LogP contribution in [0.25, 0.3) is 39.4 Å². The average Bonchev–Trinajstić information content (AvgIpc) is 3.41. The molecule has 3 aromatic carbocycles. The zero-order chi connectivity index (χ0) is 28.3. The van der Waals surface area contributed by atoms with Gasteiger partial charge in [0, 0.05) is 42.1 Å². The molecule has 3 N–H and O–H groups in total. The Morgan fingerprint density at radius 3 is 2.63 bits per heavy atom. The predicted molar refractivity (Wildman–Crippen MR) is 158 cm³/mol. The van der Waals surface area contributed by atoms with Gasteiger partial charge >= 0.3 is 0 Å². The summed E-state index contributed by atoms with van der Waals surface area (Å²) >= 11 is 0. The third-order valence-corrected chi connectivity index (χ3v) is 6.72. The molecular formula is C30H25N9O2. The summed E-state index contributed by atoms with van der Waals surface area (Å²) in [6, 6.07) is 24.3. The molecule has 0 spiro atoms. The van der Waals surface area contributed by atoms with Crippen LogP contribution in [0.4, 0.5) is 17.6 Å². The minimum atomic E-state index is -0.389. The van der Waals surface area contributed by atoms with Gasteiger partial charge in [0.15, 0.2) is 0 Å². The zero-order valence-corrected chi connectivity index (χ0v) is 22.1. The van der Waals surface area contributed by atoms with Crippen LogP contribution >= 0.6 is 0 Å². The van der Waals surface area contributed by atoms with Gasteiger partial charge in [-0.3, -0.25) is 14.7 Å². The van der Waals surface area contributed by atoms with Gasteiger partial charge in [-0.2, -0.15) is 4.98 Å². The Hall–Kier alpha value is -5.71. The fourth-order valence-electron chi connectivity index (χ4n) is 4.67. The number of anilines is 2. The highest BCUT2D eigenvalue weighted by Crippen LogP contribution is 2.28. The van der Waals surface area contributed by atoms with Crippen LogP contribution in [0.2, 0.25) is 0 Å². The van der Waals surface area contributed by atoms with Crippen LogP contribution in [-0.2, 0) is 6.42 Å². The van der Waals surface area contributed by atoms with Crippen LogP contribution < -0.4 is 11.1 Å². The number of benzene rings is 3. The Labute approximate surface area is 234 Å². The highest BCUT2D eigenvalue weighted by Gasteiger charge is 2.14. The maximum absolute atomic E-state index is 11.1. The van der Waals surface area contributed by atoms with E-state index in [0.29, 0.717) is 30.4 Å². The molecule has 0 aliphatic carbocycles. The van der Waals surface area contributed by atoms with Gasteiger partial charge in [-0.1, -0.05) is 42.5 Å². The van der Waals surface area contributed by atoms with Gasteiger partial charge in [0.1, 0.15) is 12.1 Å². The van der Waals surface area contributed by atoms with Crippen molar-refractivity contribution in [1.82, 2.24) is 29.5 Å². The summed E-state index contributed by atoms with van der Waals surface area (Å²) in [5, 5.41) is 14.5. The summed E-state index contributed by atoms with van der Waals surface area (Å²) in [5.74, 6) is 1.31. The van der Waals surface area contributed by atoms with Gasteiger partial charge in [0.05, 0.1) is 27.3 Å². The molecule has 3 heterocycles. The second-order valence-electron chi connectivity index (χ2n) is 9.47. The van der Waals surface area contributed by atoms with E-state index in [1.54, 1.807) is 30.7 Å². The van der Waals surface area contributed by atoms with Crippen molar-refractivity contribution in [1.29, 1.82) is 0 Å². The lowest BCUT2D eigenvalue weighted by Gasteiger charge is -2.12. The molecule has 11 nitrogen and oxygen atoms in total. The number of nitrogen functional groups attached to an aromatic ring is 1. The number of nitro benzene ring substituents is 1. The van der Waals surface area contributed by atoms with Gasteiger partial charge in [-0.15, -0.1) is 0 Å².